The highest BCUT2D eigenvalue weighted by atomic mass is 16.6. The first-order valence-electron chi connectivity index (χ1n) is 9.36. The van der Waals surface area contributed by atoms with E-state index in [2.05, 4.69) is 10.4 Å². The van der Waals surface area contributed by atoms with Crippen molar-refractivity contribution in [3.05, 3.63) is 78.5 Å². The molecule has 0 atom stereocenters. The van der Waals surface area contributed by atoms with Gasteiger partial charge < -0.3 is 24.9 Å². The SMILES string of the molecule is COc1ccc(Oc2cc(NC(=O)Cn3nc([N+](=O)[O-])c([N+](=O)[O-])c3C)cc([N+](=O)[O-])c2)cc1. The van der Waals surface area contributed by atoms with Crippen molar-refractivity contribution in [3.63, 3.8) is 0 Å². The second kappa shape index (κ2) is 9.60. The normalized spacial score (nSPS) is 10.4. The number of nitrogens with zero attached hydrogens (tertiary/aromatic N) is 5. The van der Waals surface area contributed by atoms with Crippen molar-refractivity contribution in [2.45, 2.75) is 13.5 Å². The second-order valence-electron chi connectivity index (χ2n) is 6.73. The van der Waals surface area contributed by atoms with Gasteiger partial charge in [0.1, 0.15) is 29.5 Å². The number of amides is 1. The molecule has 34 heavy (non-hydrogen) atoms. The number of ether oxygens (including phenoxy) is 2. The largest absolute Gasteiger partial charge is 0.497 e. The number of carbonyl (C=O) groups is 1. The van der Waals surface area contributed by atoms with Crippen molar-refractivity contribution in [3.8, 4) is 17.2 Å². The Balaban J connectivity index is 1.83. The van der Waals surface area contributed by atoms with E-state index < -0.39 is 38.7 Å². The molecule has 0 unspecified atom stereocenters. The van der Waals surface area contributed by atoms with Crippen LogP contribution in [0.5, 0.6) is 17.2 Å². The molecular formula is C19H16N6O9. The van der Waals surface area contributed by atoms with Gasteiger partial charge >= 0.3 is 11.5 Å². The number of nitro benzene ring substituents is 1. The van der Waals surface area contributed by atoms with Crippen molar-refractivity contribution in [2.75, 3.05) is 12.4 Å². The Labute approximate surface area is 190 Å². The van der Waals surface area contributed by atoms with Crippen molar-refractivity contribution < 1.29 is 29.0 Å². The molecule has 176 valence electrons. The first-order chi connectivity index (χ1) is 16.1. The number of hydrogen-bond donors (Lipinski definition) is 1. The highest BCUT2D eigenvalue weighted by Gasteiger charge is 2.35. The lowest BCUT2D eigenvalue weighted by Gasteiger charge is -2.10. The fourth-order valence-electron chi connectivity index (χ4n) is 2.95. The molecule has 0 saturated heterocycles. The molecule has 0 saturated carbocycles. The molecular weight excluding hydrogens is 456 g/mol. The summed E-state index contributed by atoms with van der Waals surface area (Å²) in [6, 6.07) is 9.98. The minimum Gasteiger partial charge on any atom is -0.497 e. The third kappa shape index (κ3) is 5.21. The Kier molecular flexibility index (Phi) is 6.65. The van der Waals surface area contributed by atoms with Gasteiger partial charge in [0.2, 0.25) is 5.91 Å². The molecule has 3 rings (SSSR count). The topological polar surface area (TPSA) is 195 Å². The van der Waals surface area contributed by atoms with E-state index in [-0.39, 0.29) is 22.8 Å². The summed E-state index contributed by atoms with van der Waals surface area (Å²) in [5.41, 5.74) is -1.41. The molecule has 1 N–H and O–H groups in total. The number of benzene rings is 2. The Morgan fingerprint density at radius 2 is 1.62 bits per heavy atom. The van der Waals surface area contributed by atoms with E-state index in [1.165, 1.54) is 20.1 Å². The first kappa shape index (κ1) is 23.6. The molecule has 0 aliphatic rings. The maximum absolute atomic E-state index is 12.5. The van der Waals surface area contributed by atoms with Gasteiger partial charge in [-0.2, -0.15) is 4.68 Å². The van der Waals surface area contributed by atoms with Crippen LogP contribution in [-0.2, 0) is 11.3 Å². The number of carbonyl (C=O) groups excluding carboxylic acids is 1. The molecule has 15 heteroatoms. The van der Waals surface area contributed by atoms with Gasteiger partial charge in [-0.05, 0) is 36.1 Å². The zero-order chi connectivity index (χ0) is 25.0. The summed E-state index contributed by atoms with van der Waals surface area (Å²) in [5, 5.41) is 39.4. The van der Waals surface area contributed by atoms with Gasteiger partial charge in [-0.15, -0.1) is 0 Å². The number of non-ortho nitro benzene ring substituents is 1. The van der Waals surface area contributed by atoms with Crippen LogP contribution in [0.2, 0.25) is 0 Å². The first-order valence-corrected chi connectivity index (χ1v) is 9.36. The quantitative estimate of drug-likeness (QED) is 0.356. The van der Waals surface area contributed by atoms with Gasteiger partial charge in [0.15, 0.2) is 0 Å². The number of methoxy groups -OCH3 is 1. The number of nitro groups is 3. The lowest BCUT2D eigenvalue weighted by Crippen LogP contribution is -2.20. The summed E-state index contributed by atoms with van der Waals surface area (Å²) >= 11 is 0. The van der Waals surface area contributed by atoms with Gasteiger partial charge in [0, 0.05) is 12.1 Å². The van der Waals surface area contributed by atoms with E-state index in [4.69, 9.17) is 9.47 Å². The molecule has 2 aromatic carbocycles. The van der Waals surface area contributed by atoms with E-state index in [0.717, 1.165) is 16.8 Å². The smallest absolute Gasteiger partial charge is 0.468 e. The van der Waals surface area contributed by atoms with Crippen molar-refractivity contribution in [1.29, 1.82) is 0 Å². The number of nitrogens with one attached hydrogen (secondary N) is 1. The zero-order valence-electron chi connectivity index (χ0n) is 17.7. The summed E-state index contributed by atoms with van der Waals surface area (Å²) in [7, 11) is 1.49. The van der Waals surface area contributed by atoms with E-state index in [9.17, 15) is 35.1 Å². The molecule has 1 amide bonds. The van der Waals surface area contributed by atoms with Crippen LogP contribution in [0.15, 0.2) is 42.5 Å². The molecule has 0 aliphatic heterocycles. The Morgan fingerprint density at radius 1 is 0.971 bits per heavy atom. The summed E-state index contributed by atoms with van der Waals surface area (Å²) in [5.74, 6) is -0.803. The van der Waals surface area contributed by atoms with E-state index in [0.29, 0.717) is 11.5 Å². The van der Waals surface area contributed by atoms with E-state index >= 15 is 0 Å². The molecule has 0 spiro atoms. The van der Waals surface area contributed by atoms with Crippen molar-refractivity contribution >= 4 is 28.8 Å². The Bertz CT molecular complexity index is 1290. The number of aromatic nitrogens is 2. The zero-order valence-corrected chi connectivity index (χ0v) is 17.7. The highest BCUT2D eigenvalue weighted by molar-refractivity contribution is 5.91. The summed E-state index contributed by atoms with van der Waals surface area (Å²) < 4.78 is 11.5. The number of anilines is 1. The monoisotopic (exact) mass is 472 g/mol. The van der Waals surface area contributed by atoms with Crippen LogP contribution in [0, 0.1) is 37.3 Å². The summed E-state index contributed by atoms with van der Waals surface area (Å²) in [4.78, 5) is 43.3. The molecule has 0 radical (unpaired) electrons. The molecule has 1 aromatic heterocycles. The highest BCUT2D eigenvalue weighted by Crippen LogP contribution is 2.31. The maximum Gasteiger partial charge on any atom is 0.468 e. The molecule has 15 nitrogen and oxygen atoms in total. The predicted molar refractivity (Wildman–Crippen MR) is 115 cm³/mol. The average molecular weight is 472 g/mol. The lowest BCUT2D eigenvalue weighted by molar-refractivity contribution is -0.424. The fraction of sp³-hybridized carbons (Fsp3) is 0.158. The molecule has 0 fully saturated rings. The van der Waals surface area contributed by atoms with Crippen LogP contribution in [-0.4, -0.2) is 37.6 Å². The van der Waals surface area contributed by atoms with Gasteiger partial charge in [0.25, 0.3) is 5.69 Å². The van der Waals surface area contributed by atoms with Crippen LogP contribution < -0.4 is 14.8 Å². The second-order valence-corrected chi connectivity index (χ2v) is 6.73. The van der Waals surface area contributed by atoms with Gasteiger partial charge in [-0.3, -0.25) is 25.0 Å². The third-order valence-corrected chi connectivity index (χ3v) is 4.49. The maximum atomic E-state index is 12.5. The van der Waals surface area contributed by atoms with Gasteiger partial charge in [-0.25, -0.2) is 0 Å². The van der Waals surface area contributed by atoms with Crippen LogP contribution in [0.3, 0.4) is 0 Å². The fourth-order valence-corrected chi connectivity index (χ4v) is 2.95. The van der Waals surface area contributed by atoms with Crippen molar-refractivity contribution in [1.82, 2.24) is 9.78 Å². The van der Waals surface area contributed by atoms with Gasteiger partial charge in [-0.1, -0.05) is 0 Å². The summed E-state index contributed by atoms with van der Waals surface area (Å²) in [6.07, 6.45) is 0. The van der Waals surface area contributed by atoms with E-state index in [1.807, 2.05) is 0 Å². The standard InChI is InChI=1S/C19H16N6O9/c1-11-18(24(29)30)19(25(31)32)21-22(11)10-17(26)20-12-7-13(23(27)28)9-16(8-12)34-15-5-3-14(33-2)4-6-15/h3-9H,10H2,1-2H3,(H,20,26). The minimum absolute atomic E-state index is 0.00322. The molecule has 0 bridgehead atoms. The lowest BCUT2D eigenvalue weighted by atomic mass is 10.2. The van der Waals surface area contributed by atoms with Crippen LogP contribution in [0.4, 0.5) is 22.9 Å². The van der Waals surface area contributed by atoms with Crippen LogP contribution >= 0.6 is 0 Å². The third-order valence-electron chi connectivity index (χ3n) is 4.49. The molecule has 3 aromatic rings. The number of rotatable bonds is 9. The molecule has 1 heterocycles. The van der Waals surface area contributed by atoms with Crippen LogP contribution in [0.1, 0.15) is 5.69 Å². The average Bonchev–Trinajstić information content (AvgIpc) is 3.10. The van der Waals surface area contributed by atoms with Gasteiger partial charge in [0.05, 0.1) is 33.8 Å². The number of hydrogen-bond acceptors (Lipinski definition) is 10. The van der Waals surface area contributed by atoms with E-state index in [1.54, 1.807) is 24.3 Å². The minimum atomic E-state index is -1.02. The predicted octanol–water partition coefficient (Wildman–Crippen LogP) is 3.36. The Hall–Kier alpha value is -5.08. The van der Waals surface area contributed by atoms with Crippen LogP contribution in [0.25, 0.3) is 0 Å². The molecule has 0 aliphatic carbocycles. The Morgan fingerprint density at radius 3 is 2.15 bits per heavy atom. The summed E-state index contributed by atoms with van der Waals surface area (Å²) in [6.45, 7) is 0.595. The van der Waals surface area contributed by atoms with Crippen molar-refractivity contribution in [2.24, 2.45) is 0 Å².